The van der Waals surface area contributed by atoms with Crippen LogP contribution in [0.1, 0.15) is 10.7 Å². The number of halogens is 2. The Balaban J connectivity index is 1.39. The number of nitrogens with zero attached hydrogens (tertiary/aromatic N) is 2. The van der Waals surface area contributed by atoms with Gasteiger partial charge in [-0.05, 0) is 30.3 Å². The van der Waals surface area contributed by atoms with Crippen molar-refractivity contribution >= 4 is 35.0 Å². The van der Waals surface area contributed by atoms with Gasteiger partial charge in [0, 0.05) is 28.7 Å². The predicted octanol–water partition coefficient (Wildman–Crippen LogP) is 2.97. The van der Waals surface area contributed by atoms with Gasteiger partial charge in [0.15, 0.2) is 6.61 Å². The summed E-state index contributed by atoms with van der Waals surface area (Å²) in [5, 5.41) is 10.00. The fourth-order valence-electron chi connectivity index (χ4n) is 2.27. The maximum absolute atomic E-state index is 12.1. The molecule has 0 aliphatic rings. The number of nitrogens with one attached hydrogen (secondary N) is 2. The lowest BCUT2D eigenvalue weighted by molar-refractivity contribution is -0.123. The lowest BCUT2D eigenvalue weighted by Gasteiger charge is -2.08. The molecule has 0 radical (unpaired) electrons. The van der Waals surface area contributed by atoms with Gasteiger partial charge in [-0.3, -0.25) is 9.59 Å². The second-order valence-electron chi connectivity index (χ2n) is 5.79. The third-order valence-corrected chi connectivity index (χ3v) is 4.07. The standard InChI is InChI=1S/C19H16Cl2N4O4/c20-13-4-1-3-12(9-13)17-24-19(29-25-17)18(27)23-8-7-22-16(26)11-28-15-6-2-5-14(21)10-15/h1-6,9-10H,7-8,11H2,(H,22,26)(H,23,27). The summed E-state index contributed by atoms with van der Waals surface area (Å²) in [4.78, 5) is 27.9. The monoisotopic (exact) mass is 434 g/mol. The van der Waals surface area contributed by atoms with Gasteiger partial charge in [0.25, 0.3) is 5.91 Å². The molecule has 150 valence electrons. The van der Waals surface area contributed by atoms with Crippen molar-refractivity contribution in [1.29, 1.82) is 0 Å². The summed E-state index contributed by atoms with van der Waals surface area (Å²) in [5.41, 5.74) is 0.632. The van der Waals surface area contributed by atoms with Crippen LogP contribution in [0.3, 0.4) is 0 Å². The first-order valence-corrected chi connectivity index (χ1v) is 9.30. The van der Waals surface area contributed by atoms with Gasteiger partial charge >= 0.3 is 11.8 Å². The molecular formula is C19H16Cl2N4O4. The van der Waals surface area contributed by atoms with Crippen molar-refractivity contribution < 1.29 is 18.8 Å². The average molecular weight is 435 g/mol. The molecular weight excluding hydrogens is 419 g/mol. The van der Waals surface area contributed by atoms with Gasteiger partial charge in [-0.1, -0.05) is 46.6 Å². The number of rotatable bonds is 8. The first-order chi connectivity index (χ1) is 14.0. The van der Waals surface area contributed by atoms with Crippen LogP contribution in [0.25, 0.3) is 11.4 Å². The molecule has 29 heavy (non-hydrogen) atoms. The number of aromatic nitrogens is 2. The van der Waals surface area contributed by atoms with Gasteiger partial charge in [-0.2, -0.15) is 4.98 Å². The zero-order valence-electron chi connectivity index (χ0n) is 15.0. The Morgan fingerprint density at radius 2 is 1.72 bits per heavy atom. The van der Waals surface area contributed by atoms with E-state index in [1.54, 1.807) is 48.5 Å². The fraction of sp³-hybridized carbons (Fsp3) is 0.158. The van der Waals surface area contributed by atoms with Crippen molar-refractivity contribution in [2.75, 3.05) is 19.7 Å². The highest BCUT2D eigenvalue weighted by Gasteiger charge is 2.16. The minimum Gasteiger partial charge on any atom is -0.484 e. The van der Waals surface area contributed by atoms with Crippen molar-refractivity contribution in [3.63, 3.8) is 0 Å². The minimum absolute atomic E-state index is 0.166. The second-order valence-corrected chi connectivity index (χ2v) is 6.66. The van der Waals surface area contributed by atoms with E-state index in [1.165, 1.54) is 0 Å². The fourth-order valence-corrected chi connectivity index (χ4v) is 2.64. The Kier molecular flexibility index (Phi) is 7.04. The molecule has 2 N–H and O–H groups in total. The molecule has 2 aromatic carbocycles. The molecule has 0 fully saturated rings. The molecule has 1 aromatic heterocycles. The summed E-state index contributed by atoms with van der Waals surface area (Å²) >= 11 is 11.8. The van der Waals surface area contributed by atoms with Gasteiger partial charge in [0.05, 0.1) is 0 Å². The van der Waals surface area contributed by atoms with Crippen molar-refractivity contribution in [2.24, 2.45) is 0 Å². The third kappa shape index (κ3) is 6.20. The summed E-state index contributed by atoms with van der Waals surface area (Å²) in [6.45, 7) is 0.219. The molecule has 0 atom stereocenters. The molecule has 10 heteroatoms. The topological polar surface area (TPSA) is 106 Å². The van der Waals surface area contributed by atoms with Crippen LogP contribution < -0.4 is 15.4 Å². The van der Waals surface area contributed by atoms with E-state index in [-0.39, 0.29) is 37.3 Å². The van der Waals surface area contributed by atoms with Gasteiger partial charge < -0.3 is 19.9 Å². The molecule has 8 nitrogen and oxygen atoms in total. The molecule has 0 aliphatic heterocycles. The largest absolute Gasteiger partial charge is 0.484 e. The Morgan fingerprint density at radius 3 is 2.48 bits per heavy atom. The highest BCUT2D eigenvalue weighted by molar-refractivity contribution is 6.31. The van der Waals surface area contributed by atoms with Crippen LogP contribution in [-0.4, -0.2) is 41.7 Å². The van der Waals surface area contributed by atoms with Crippen LogP contribution in [0.5, 0.6) is 5.75 Å². The van der Waals surface area contributed by atoms with Gasteiger partial charge in [0.1, 0.15) is 5.75 Å². The third-order valence-electron chi connectivity index (χ3n) is 3.60. The molecule has 1 heterocycles. The molecule has 0 bridgehead atoms. The number of benzene rings is 2. The quantitative estimate of drug-likeness (QED) is 0.527. The number of ether oxygens (including phenoxy) is 1. The molecule has 0 unspecified atom stereocenters. The number of amides is 2. The minimum atomic E-state index is -0.546. The van der Waals surface area contributed by atoms with Crippen molar-refractivity contribution in [2.45, 2.75) is 0 Å². The Labute approximate surface area is 176 Å². The summed E-state index contributed by atoms with van der Waals surface area (Å²) < 4.78 is 10.3. The normalized spacial score (nSPS) is 10.4. The first kappa shape index (κ1) is 20.6. The number of hydrogen-bond acceptors (Lipinski definition) is 6. The molecule has 2 amide bonds. The van der Waals surface area contributed by atoms with Crippen LogP contribution in [0.2, 0.25) is 10.0 Å². The number of carbonyl (C=O) groups excluding carboxylic acids is 2. The van der Waals surface area contributed by atoms with Crippen LogP contribution in [0, 0.1) is 0 Å². The summed E-state index contributed by atoms with van der Waals surface area (Å²) in [5.74, 6) is -0.317. The van der Waals surface area contributed by atoms with Crippen molar-refractivity contribution in [3.05, 3.63) is 64.5 Å². The number of hydrogen-bond donors (Lipinski definition) is 2. The first-order valence-electron chi connectivity index (χ1n) is 8.54. The second kappa shape index (κ2) is 9.90. The van der Waals surface area contributed by atoms with Crippen LogP contribution in [-0.2, 0) is 4.79 Å². The van der Waals surface area contributed by atoms with Crippen LogP contribution in [0.4, 0.5) is 0 Å². The highest BCUT2D eigenvalue weighted by atomic mass is 35.5. The van der Waals surface area contributed by atoms with Crippen LogP contribution in [0.15, 0.2) is 53.1 Å². The van der Waals surface area contributed by atoms with Gasteiger partial charge in [0.2, 0.25) is 5.82 Å². The molecule has 3 aromatic rings. The average Bonchev–Trinajstić information content (AvgIpc) is 3.20. The van der Waals surface area contributed by atoms with Crippen molar-refractivity contribution in [1.82, 2.24) is 20.8 Å². The zero-order valence-corrected chi connectivity index (χ0v) is 16.5. The van der Waals surface area contributed by atoms with E-state index in [9.17, 15) is 9.59 Å². The zero-order chi connectivity index (χ0) is 20.6. The molecule has 3 rings (SSSR count). The highest BCUT2D eigenvalue weighted by Crippen LogP contribution is 2.20. The lowest BCUT2D eigenvalue weighted by Crippen LogP contribution is -2.36. The van der Waals surface area contributed by atoms with E-state index in [0.29, 0.717) is 21.4 Å². The number of carbonyl (C=O) groups is 2. The van der Waals surface area contributed by atoms with E-state index >= 15 is 0 Å². The Bertz CT molecular complexity index is 1010. The Hall–Kier alpha value is -3.10. The summed E-state index contributed by atoms with van der Waals surface area (Å²) in [6, 6.07) is 13.6. The Morgan fingerprint density at radius 1 is 1.00 bits per heavy atom. The van der Waals surface area contributed by atoms with Gasteiger partial charge in [-0.15, -0.1) is 0 Å². The summed E-state index contributed by atoms with van der Waals surface area (Å²) in [7, 11) is 0. The van der Waals surface area contributed by atoms with E-state index < -0.39 is 5.91 Å². The lowest BCUT2D eigenvalue weighted by atomic mass is 10.2. The van der Waals surface area contributed by atoms with Crippen LogP contribution >= 0.6 is 23.2 Å². The molecule has 0 saturated carbocycles. The maximum Gasteiger partial charge on any atom is 0.316 e. The molecule has 0 saturated heterocycles. The maximum atomic E-state index is 12.1. The SMILES string of the molecule is O=C(COc1cccc(Cl)c1)NCCNC(=O)c1nc(-c2cccc(Cl)c2)no1. The molecule has 0 aliphatic carbocycles. The van der Waals surface area contributed by atoms with Gasteiger partial charge in [-0.25, -0.2) is 0 Å². The molecule has 0 spiro atoms. The van der Waals surface area contributed by atoms with E-state index in [4.69, 9.17) is 32.5 Å². The van der Waals surface area contributed by atoms with E-state index in [2.05, 4.69) is 20.8 Å². The van der Waals surface area contributed by atoms with E-state index in [1.807, 2.05) is 0 Å². The summed E-state index contributed by atoms with van der Waals surface area (Å²) in [6.07, 6.45) is 0. The smallest absolute Gasteiger partial charge is 0.316 e. The van der Waals surface area contributed by atoms with E-state index in [0.717, 1.165) is 0 Å². The van der Waals surface area contributed by atoms with Crippen molar-refractivity contribution in [3.8, 4) is 17.1 Å². The predicted molar refractivity (Wildman–Crippen MR) is 107 cm³/mol.